The summed E-state index contributed by atoms with van der Waals surface area (Å²) in [5.41, 5.74) is 1.51. The van der Waals surface area contributed by atoms with E-state index in [1.54, 1.807) is 13.2 Å². The third-order valence-corrected chi connectivity index (χ3v) is 2.89. The van der Waals surface area contributed by atoms with E-state index in [1.165, 1.54) is 0 Å². The molecule has 0 aliphatic heterocycles. The van der Waals surface area contributed by atoms with Gasteiger partial charge >= 0.3 is 0 Å². The number of hydrogen-bond acceptors (Lipinski definition) is 3. The molecule has 0 radical (unpaired) electrons. The van der Waals surface area contributed by atoms with Gasteiger partial charge in [-0.05, 0) is 29.5 Å². The highest BCUT2D eigenvalue weighted by Crippen LogP contribution is 2.30. The quantitative estimate of drug-likeness (QED) is 0.635. The van der Waals surface area contributed by atoms with Crippen LogP contribution >= 0.6 is 0 Å². The molecule has 0 fully saturated rings. The summed E-state index contributed by atoms with van der Waals surface area (Å²) < 4.78 is 4.90. The number of rotatable bonds is 5. The molecule has 0 atom stereocenters. The minimum absolute atomic E-state index is 0.0246. The van der Waals surface area contributed by atoms with Gasteiger partial charge in [-0.25, -0.2) is 0 Å². The molecule has 0 heterocycles. The Morgan fingerprint density at radius 1 is 1.37 bits per heavy atom. The van der Waals surface area contributed by atoms with Gasteiger partial charge in [-0.2, -0.15) is 0 Å². The maximum absolute atomic E-state index is 11.7. The lowest BCUT2D eigenvalue weighted by molar-refractivity contribution is -0.116. The van der Waals surface area contributed by atoms with Crippen molar-refractivity contribution in [3.05, 3.63) is 23.8 Å². The molecule has 2 N–H and O–H groups in total. The van der Waals surface area contributed by atoms with E-state index in [1.807, 2.05) is 12.1 Å². The number of carbonyl (C=O) groups is 1. The van der Waals surface area contributed by atoms with Crippen molar-refractivity contribution in [1.82, 2.24) is 0 Å². The van der Waals surface area contributed by atoms with Gasteiger partial charge in [0.25, 0.3) is 0 Å². The van der Waals surface area contributed by atoms with Crippen molar-refractivity contribution in [1.29, 1.82) is 0 Å². The van der Waals surface area contributed by atoms with E-state index < -0.39 is 0 Å². The molecule has 0 aliphatic rings. The first-order chi connectivity index (χ1) is 8.84. The second-order valence-corrected chi connectivity index (χ2v) is 5.63. The lowest BCUT2D eigenvalue weighted by Crippen LogP contribution is -2.15. The number of benzene rings is 1. The zero-order valence-corrected chi connectivity index (χ0v) is 12.1. The summed E-state index contributed by atoms with van der Waals surface area (Å²) in [5, 5.41) is 12.5. The highest BCUT2D eigenvalue weighted by atomic mass is 16.5. The molecule has 0 saturated carbocycles. The first-order valence-corrected chi connectivity index (χ1v) is 6.47. The Labute approximate surface area is 114 Å². The number of aromatic hydroxyl groups is 1. The fourth-order valence-electron chi connectivity index (χ4n) is 1.69. The number of amides is 1. The summed E-state index contributed by atoms with van der Waals surface area (Å²) in [7, 11) is 1.61. The summed E-state index contributed by atoms with van der Waals surface area (Å²) in [6.07, 6.45) is 1.05. The van der Waals surface area contributed by atoms with E-state index in [9.17, 15) is 9.90 Å². The summed E-state index contributed by atoms with van der Waals surface area (Å²) in [4.78, 5) is 11.7. The Morgan fingerprint density at radius 2 is 2.05 bits per heavy atom. The molecule has 0 aliphatic carbocycles. The Morgan fingerprint density at radius 3 is 2.63 bits per heavy atom. The Kier molecular flexibility index (Phi) is 5.36. The van der Waals surface area contributed by atoms with Crippen molar-refractivity contribution in [2.45, 2.75) is 39.0 Å². The van der Waals surface area contributed by atoms with Gasteiger partial charge in [-0.3, -0.25) is 4.79 Å². The Balaban J connectivity index is 2.74. The molecule has 0 aromatic heterocycles. The second-order valence-electron chi connectivity index (χ2n) is 5.63. The van der Waals surface area contributed by atoms with Crippen molar-refractivity contribution < 1.29 is 14.6 Å². The number of hydrogen-bond donors (Lipinski definition) is 2. The third kappa shape index (κ3) is 4.91. The summed E-state index contributed by atoms with van der Waals surface area (Å²) in [6, 6.07) is 5.31. The van der Waals surface area contributed by atoms with Crippen molar-refractivity contribution in [3.63, 3.8) is 0 Å². The maximum Gasteiger partial charge on any atom is 0.224 e. The highest BCUT2D eigenvalue weighted by molar-refractivity contribution is 5.92. The average molecular weight is 265 g/mol. The summed E-state index contributed by atoms with van der Waals surface area (Å²) in [6.45, 7) is 6.82. The number of anilines is 1. The molecule has 0 bridgehead atoms. The van der Waals surface area contributed by atoms with Crippen LogP contribution in [0.3, 0.4) is 0 Å². The van der Waals surface area contributed by atoms with E-state index in [2.05, 4.69) is 26.1 Å². The van der Waals surface area contributed by atoms with Crippen LogP contribution in [0.25, 0.3) is 0 Å². The van der Waals surface area contributed by atoms with Crippen LogP contribution in [0, 0.1) is 0 Å². The van der Waals surface area contributed by atoms with Crippen LogP contribution in [0.15, 0.2) is 18.2 Å². The average Bonchev–Trinajstić information content (AvgIpc) is 2.31. The number of carbonyl (C=O) groups excluding carboxylic acids is 1. The largest absolute Gasteiger partial charge is 0.506 e. The van der Waals surface area contributed by atoms with E-state index >= 15 is 0 Å². The smallest absolute Gasteiger partial charge is 0.224 e. The van der Waals surface area contributed by atoms with Gasteiger partial charge in [0.15, 0.2) is 0 Å². The van der Waals surface area contributed by atoms with E-state index in [0.29, 0.717) is 25.1 Å². The molecule has 0 saturated heterocycles. The molecule has 0 spiro atoms. The van der Waals surface area contributed by atoms with Gasteiger partial charge in [-0.15, -0.1) is 0 Å². The Hall–Kier alpha value is -1.55. The zero-order valence-electron chi connectivity index (χ0n) is 12.1. The first-order valence-electron chi connectivity index (χ1n) is 6.47. The van der Waals surface area contributed by atoms with Crippen LogP contribution in [-0.2, 0) is 14.9 Å². The van der Waals surface area contributed by atoms with Gasteiger partial charge < -0.3 is 15.2 Å². The lowest BCUT2D eigenvalue weighted by Gasteiger charge is -2.20. The van der Waals surface area contributed by atoms with Crippen molar-refractivity contribution in [2.24, 2.45) is 0 Å². The van der Waals surface area contributed by atoms with Crippen LogP contribution in [0.2, 0.25) is 0 Å². The number of ether oxygens (including phenoxy) is 1. The van der Waals surface area contributed by atoms with Crippen LogP contribution in [0.1, 0.15) is 39.2 Å². The molecule has 1 rings (SSSR count). The standard InChI is InChI=1S/C15H23NO3/c1-15(2,3)11-7-8-13(17)12(10-11)16-14(18)6-5-9-19-4/h7-8,10,17H,5-6,9H2,1-4H3,(H,16,18). The SMILES string of the molecule is COCCCC(=O)Nc1cc(C(C)(C)C)ccc1O. The van der Waals surface area contributed by atoms with Gasteiger partial charge in [0, 0.05) is 20.1 Å². The van der Waals surface area contributed by atoms with E-state index in [-0.39, 0.29) is 17.1 Å². The van der Waals surface area contributed by atoms with Crippen LogP contribution in [-0.4, -0.2) is 24.7 Å². The van der Waals surface area contributed by atoms with Crippen molar-refractivity contribution in [3.8, 4) is 5.75 Å². The molecule has 1 amide bonds. The molecule has 1 aromatic rings. The van der Waals surface area contributed by atoms with Gasteiger partial charge in [0.1, 0.15) is 5.75 Å². The second kappa shape index (κ2) is 6.57. The molecule has 106 valence electrons. The first kappa shape index (κ1) is 15.5. The third-order valence-electron chi connectivity index (χ3n) is 2.89. The monoisotopic (exact) mass is 265 g/mol. The predicted octanol–water partition coefficient (Wildman–Crippen LogP) is 3.05. The van der Waals surface area contributed by atoms with Gasteiger partial charge in [0.05, 0.1) is 5.69 Å². The molecule has 0 unspecified atom stereocenters. The number of phenols is 1. The van der Waals surface area contributed by atoms with E-state index in [4.69, 9.17) is 4.74 Å². The lowest BCUT2D eigenvalue weighted by atomic mass is 9.87. The van der Waals surface area contributed by atoms with Crippen molar-refractivity contribution >= 4 is 11.6 Å². The fourth-order valence-corrected chi connectivity index (χ4v) is 1.69. The molecular weight excluding hydrogens is 242 g/mol. The molecule has 4 nitrogen and oxygen atoms in total. The molecule has 1 aromatic carbocycles. The Bertz CT molecular complexity index is 436. The zero-order chi connectivity index (χ0) is 14.5. The topological polar surface area (TPSA) is 58.6 Å². The van der Waals surface area contributed by atoms with Crippen molar-refractivity contribution in [2.75, 3.05) is 19.0 Å². The summed E-state index contributed by atoms with van der Waals surface area (Å²) in [5.74, 6) is -0.0218. The normalized spacial score (nSPS) is 11.4. The minimum atomic E-state index is -0.113. The number of phenolic OH excluding ortho intramolecular Hbond substituents is 1. The number of methoxy groups -OCH3 is 1. The van der Waals surface area contributed by atoms with Crippen LogP contribution in [0.5, 0.6) is 5.75 Å². The van der Waals surface area contributed by atoms with Crippen LogP contribution < -0.4 is 5.32 Å². The number of nitrogens with one attached hydrogen (secondary N) is 1. The predicted molar refractivity (Wildman–Crippen MR) is 76.5 cm³/mol. The van der Waals surface area contributed by atoms with E-state index in [0.717, 1.165) is 5.56 Å². The van der Waals surface area contributed by atoms with Gasteiger partial charge in [-0.1, -0.05) is 26.8 Å². The van der Waals surface area contributed by atoms with Gasteiger partial charge in [0.2, 0.25) is 5.91 Å². The minimum Gasteiger partial charge on any atom is -0.506 e. The fraction of sp³-hybridized carbons (Fsp3) is 0.533. The van der Waals surface area contributed by atoms with Crippen LogP contribution in [0.4, 0.5) is 5.69 Å². The maximum atomic E-state index is 11.7. The highest BCUT2D eigenvalue weighted by Gasteiger charge is 2.16. The summed E-state index contributed by atoms with van der Waals surface area (Å²) >= 11 is 0. The molecule has 19 heavy (non-hydrogen) atoms. The molecule has 4 heteroatoms. The molecular formula is C15H23NO3.